The zero-order valence-corrected chi connectivity index (χ0v) is 9.49. The Labute approximate surface area is 99.2 Å². The predicted octanol–water partition coefficient (Wildman–Crippen LogP) is 0.643. The number of nitrogens with two attached hydrogens (primary N) is 1. The fraction of sp³-hybridized carbons (Fsp3) is 0.417. The second kappa shape index (κ2) is 5.25. The van der Waals surface area contributed by atoms with Crippen LogP contribution in [0.25, 0.3) is 0 Å². The summed E-state index contributed by atoms with van der Waals surface area (Å²) in [6.07, 6.45) is 0. The van der Waals surface area contributed by atoms with Crippen molar-refractivity contribution < 1.29 is 13.9 Å². The van der Waals surface area contributed by atoms with Crippen molar-refractivity contribution in [3.63, 3.8) is 0 Å². The van der Waals surface area contributed by atoms with Crippen LogP contribution in [-0.4, -0.2) is 30.6 Å². The molecule has 0 aliphatic carbocycles. The van der Waals surface area contributed by atoms with E-state index in [0.29, 0.717) is 31.8 Å². The van der Waals surface area contributed by atoms with Crippen LogP contribution in [0.1, 0.15) is 11.1 Å². The minimum atomic E-state index is -0.313. The zero-order valence-electron chi connectivity index (χ0n) is 9.49. The van der Waals surface area contributed by atoms with Crippen LogP contribution >= 0.6 is 0 Å². The van der Waals surface area contributed by atoms with Gasteiger partial charge in [0.1, 0.15) is 12.4 Å². The lowest BCUT2D eigenvalue weighted by Crippen LogP contribution is -2.41. The Bertz CT molecular complexity index is 423. The number of rotatable bonds is 3. The molecule has 0 aromatic heterocycles. The van der Waals surface area contributed by atoms with Crippen molar-refractivity contribution in [2.24, 2.45) is 5.73 Å². The molecule has 1 heterocycles. The van der Waals surface area contributed by atoms with E-state index in [0.717, 1.165) is 5.56 Å². The molecule has 1 aliphatic heterocycles. The molecule has 1 saturated heterocycles. The second-order valence-electron chi connectivity index (χ2n) is 4.00. The van der Waals surface area contributed by atoms with E-state index in [1.807, 2.05) is 0 Å². The van der Waals surface area contributed by atoms with Crippen molar-refractivity contribution in [2.75, 3.05) is 19.8 Å². The Morgan fingerprint density at radius 2 is 2.29 bits per heavy atom. The van der Waals surface area contributed by atoms with Crippen LogP contribution in [0.2, 0.25) is 0 Å². The number of hydrogen-bond donors (Lipinski definition) is 1. The van der Waals surface area contributed by atoms with Crippen molar-refractivity contribution >= 4 is 5.91 Å². The molecule has 1 aliphatic rings. The number of hydrogen-bond acceptors (Lipinski definition) is 3. The van der Waals surface area contributed by atoms with E-state index in [1.54, 1.807) is 17.0 Å². The van der Waals surface area contributed by atoms with Crippen molar-refractivity contribution in [1.29, 1.82) is 0 Å². The minimum Gasteiger partial charge on any atom is -0.370 e. The average molecular weight is 238 g/mol. The van der Waals surface area contributed by atoms with Gasteiger partial charge < -0.3 is 15.4 Å². The monoisotopic (exact) mass is 238 g/mol. The summed E-state index contributed by atoms with van der Waals surface area (Å²) in [6, 6.07) is 4.88. The third-order valence-electron chi connectivity index (χ3n) is 2.80. The average Bonchev–Trinajstić information content (AvgIpc) is 2.34. The molecule has 0 bridgehead atoms. The lowest BCUT2D eigenvalue weighted by Gasteiger charge is -2.27. The number of morpholine rings is 1. The number of benzene rings is 1. The molecule has 0 spiro atoms. The first-order chi connectivity index (χ1) is 8.20. The molecule has 0 radical (unpaired) electrons. The van der Waals surface area contributed by atoms with Crippen LogP contribution in [-0.2, 0) is 22.6 Å². The fourth-order valence-electron chi connectivity index (χ4n) is 1.77. The summed E-state index contributed by atoms with van der Waals surface area (Å²) in [5.74, 6) is -0.411. The van der Waals surface area contributed by atoms with E-state index in [9.17, 15) is 9.18 Å². The molecule has 1 aromatic rings. The van der Waals surface area contributed by atoms with Crippen LogP contribution in [0.15, 0.2) is 18.2 Å². The van der Waals surface area contributed by atoms with Gasteiger partial charge in [-0.1, -0.05) is 12.1 Å². The van der Waals surface area contributed by atoms with Gasteiger partial charge in [-0.2, -0.15) is 0 Å². The highest BCUT2D eigenvalue weighted by atomic mass is 19.1. The van der Waals surface area contributed by atoms with Crippen molar-refractivity contribution in [1.82, 2.24) is 4.90 Å². The highest BCUT2D eigenvalue weighted by Crippen LogP contribution is 2.14. The van der Waals surface area contributed by atoms with E-state index in [-0.39, 0.29) is 18.3 Å². The van der Waals surface area contributed by atoms with Gasteiger partial charge in [-0.15, -0.1) is 0 Å². The summed E-state index contributed by atoms with van der Waals surface area (Å²) >= 11 is 0. The first-order valence-electron chi connectivity index (χ1n) is 5.53. The second-order valence-corrected chi connectivity index (χ2v) is 4.00. The quantitative estimate of drug-likeness (QED) is 0.841. The van der Waals surface area contributed by atoms with E-state index in [1.165, 1.54) is 6.07 Å². The molecule has 0 unspecified atom stereocenters. The largest absolute Gasteiger partial charge is 0.370 e. The smallest absolute Gasteiger partial charge is 0.248 e. The number of ether oxygens (including phenoxy) is 1. The van der Waals surface area contributed by atoms with E-state index in [2.05, 4.69) is 0 Å². The first-order valence-corrected chi connectivity index (χ1v) is 5.53. The maximum absolute atomic E-state index is 13.7. The summed E-state index contributed by atoms with van der Waals surface area (Å²) in [4.78, 5) is 13.1. The Kier molecular flexibility index (Phi) is 3.71. The van der Waals surface area contributed by atoms with Crippen LogP contribution < -0.4 is 5.73 Å². The van der Waals surface area contributed by atoms with Gasteiger partial charge in [-0.3, -0.25) is 4.79 Å². The highest BCUT2D eigenvalue weighted by Gasteiger charge is 2.19. The van der Waals surface area contributed by atoms with Crippen LogP contribution in [0.3, 0.4) is 0 Å². The molecule has 4 nitrogen and oxygen atoms in total. The zero-order chi connectivity index (χ0) is 12.3. The number of nitrogens with zero attached hydrogens (tertiary/aromatic N) is 1. The first kappa shape index (κ1) is 12.0. The van der Waals surface area contributed by atoms with Crippen molar-refractivity contribution in [3.8, 4) is 0 Å². The van der Waals surface area contributed by atoms with Crippen LogP contribution in [0.4, 0.5) is 4.39 Å². The van der Waals surface area contributed by atoms with Gasteiger partial charge in [-0.05, 0) is 11.6 Å². The van der Waals surface area contributed by atoms with Gasteiger partial charge in [-0.25, -0.2) is 4.39 Å². The molecule has 1 aromatic carbocycles. The number of carbonyl (C=O) groups excluding carboxylic acids is 1. The van der Waals surface area contributed by atoms with Gasteiger partial charge in [0.15, 0.2) is 0 Å². The van der Waals surface area contributed by atoms with E-state index >= 15 is 0 Å². The summed E-state index contributed by atoms with van der Waals surface area (Å²) in [5, 5.41) is 0. The summed E-state index contributed by atoms with van der Waals surface area (Å²) < 4.78 is 18.7. The lowest BCUT2D eigenvalue weighted by atomic mass is 10.1. The van der Waals surface area contributed by atoms with Crippen LogP contribution in [0.5, 0.6) is 0 Å². The minimum absolute atomic E-state index is 0.0858. The Morgan fingerprint density at radius 3 is 2.94 bits per heavy atom. The topological polar surface area (TPSA) is 55.6 Å². The molecule has 0 atom stereocenters. The standard InChI is InChI=1S/C12H15FN2O2/c13-11-5-9(6-14)1-2-10(11)7-15-3-4-17-8-12(15)16/h1-2,5H,3-4,6-8,14H2. The molecular weight excluding hydrogens is 223 g/mol. The predicted molar refractivity (Wildman–Crippen MR) is 60.5 cm³/mol. The van der Waals surface area contributed by atoms with E-state index < -0.39 is 0 Å². The molecule has 2 rings (SSSR count). The summed E-state index contributed by atoms with van der Waals surface area (Å²) in [6.45, 7) is 1.71. The van der Waals surface area contributed by atoms with Gasteiger partial charge in [0, 0.05) is 25.2 Å². The van der Waals surface area contributed by atoms with Gasteiger partial charge in [0.05, 0.1) is 6.61 Å². The molecule has 92 valence electrons. The van der Waals surface area contributed by atoms with Crippen molar-refractivity contribution in [3.05, 3.63) is 35.1 Å². The normalized spacial score (nSPS) is 16.4. The Balaban J connectivity index is 2.10. The Hall–Kier alpha value is -1.46. The van der Waals surface area contributed by atoms with Gasteiger partial charge >= 0.3 is 0 Å². The maximum atomic E-state index is 13.7. The SMILES string of the molecule is NCc1ccc(CN2CCOCC2=O)c(F)c1. The Morgan fingerprint density at radius 1 is 1.47 bits per heavy atom. The molecule has 1 amide bonds. The number of halogens is 1. The van der Waals surface area contributed by atoms with E-state index in [4.69, 9.17) is 10.5 Å². The third kappa shape index (κ3) is 2.81. The molecule has 17 heavy (non-hydrogen) atoms. The summed E-state index contributed by atoms with van der Waals surface area (Å²) in [7, 11) is 0. The van der Waals surface area contributed by atoms with Gasteiger partial charge in [0.2, 0.25) is 5.91 Å². The number of carbonyl (C=O) groups is 1. The molecule has 5 heteroatoms. The highest BCUT2D eigenvalue weighted by molar-refractivity contribution is 5.78. The van der Waals surface area contributed by atoms with Gasteiger partial charge in [0.25, 0.3) is 0 Å². The molecule has 2 N–H and O–H groups in total. The lowest BCUT2D eigenvalue weighted by molar-refractivity contribution is -0.143. The molecular formula is C12H15FN2O2. The van der Waals surface area contributed by atoms with Crippen LogP contribution in [0, 0.1) is 5.82 Å². The maximum Gasteiger partial charge on any atom is 0.248 e. The number of amides is 1. The molecule has 1 fully saturated rings. The fourth-order valence-corrected chi connectivity index (χ4v) is 1.77. The third-order valence-corrected chi connectivity index (χ3v) is 2.80. The molecule has 0 saturated carbocycles. The summed E-state index contributed by atoms with van der Waals surface area (Å²) in [5.41, 5.74) is 6.69. The van der Waals surface area contributed by atoms with Crippen molar-refractivity contribution in [2.45, 2.75) is 13.1 Å².